The molecule has 1 aliphatic heterocycles. The second-order valence-corrected chi connectivity index (χ2v) is 4.15. The minimum absolute atomic E-state index is 0.480. The molecule has 1 saturated heterocycles. The Bertz CT molecular complexity index is 316. The highest BCUT2D eigenvalue weighted by Gasteiger charge is 2.17. The average molecular weight is 221 g/mol. The van der Waals surface area contributed by atoms with E-state index in [1.807, 2.05) is 6.07 Å². The summed E-state index contributed by atoms with van der Waals surface area (Å²) in [5, 5.41) is 7.99. The zero-order valence-electron chi connectivity index (χ0n) is 9.76. The van der Waals surface area contributed by atoms with Crippen molar-refractivity contribution in [2.75, 3.05) is 43.4 Å². The Hall–Kier alpha value is -1.36. The molecule has 0 spiro atoms. The Labute approximate surface area is 96.2 Å². The number of aromatic nitrogens is 2. The van der Waals surface area contributed by atoms with Gasteiger partial charge in [0.2, 0.25) is 0 Å². The van der Waals surface area contributed by atoms with Gasteiger partial charge in [-0.05, 0) is 25.1 Å². The third-order valence-electron chi connectivity index (χ3n) is 2.91. The topological polar surface area (TPSA) is 58.3 Å². The van der Waals surface area contributed by atoms with Crippen LogP contribution in [-0.4, -0.2) is 47.8 Å². The van der Waals surface area contributed by atoms with Gasteiger partial charge in [-0.3, -0.25) is 4.90 Å². The Morgan fingerprint density at radius 3 is 2.50 bits per heavy atom. The van der Waals surface area contributed by atoms with E-state index in [0.717, 1.165) is 32.0 Å². The van der Waals surface area contributed by atoms with Gasteiger partial charge < -0.3 is 10.6 Å². The van der Waals surface area contributed by atoms with E-state index in [9.17, 15) is 0 Å². The number of hydrogen-bond acceptors (Lipinski definition) is 5. The van der Waals surface area contributed by atoms with Crippen LogP contribution in [0.3, 0.4) is 0 Å². The van der Waals surface area contributed by atoms with Gasteiger partial charge in [0.25, 0.3) is 0 Å². The van der Waals surface area contributed by atoms with Crippen molar-refractivity contribution in [1.29, 1.82) is 0 Å². The second-order valence-electron chi connectivity index (χ2n) is 4.15. The highest BCUT2D eigenvalue weighted by molar-refractivity contribution is 5.41. The summed E-state index contributed by atoms with van der Waals surface area (Å²) in [6.07, 6.45) is 1.22. The Morgan fingerprint density at radius 2 is 1.94 bits per heavy atom. The third-order valence-corrected chi connectivity index (χ3v) is 2.91. The largest absolute Gasteiger partial charge is 0.382 e. The maximum atomic E-state index is 5.52. The SMILES string of the molecule is CCCN1CCN(c2ccc(N)nn2)CC1. The molecule has 0 unspecified atom stereocenters. The molecular formula is C11H19N5. The van der Waals surface area contributed by atoms with E-state index in [1.54, 1.807) is 6.07 Å². The van der Waals surface area contributed by atoms with Crippen molar-refractivity contribution in [3.05, 3.63) is 12.1 Å². The zero-order valence-corrected chi connectivity index (χ0v) is 9.76. The molecule has 0 amide bonds. The first-order chi connectivity index (χ1) is 7.79. The van der Waals surface area contributed by atoms with Gasteiger partial charge in [0, 0.05) is 26.2 Å². The van der Waals surface area contributed by atoms with Crippen LogP contribution in [-0.2, 0) is 0 Å². The van der Waals surface area contributed by atoms with Gasteiger partial charge in [0.15, 0.2) is 5.82 Å². The van der Waals surface area contributed by atoms with Gasteiger partial charge in [-0.2, -0.15) is 0 Å². The third kappa shape index (κ3) is 2.61. The Balaban J connectivity index is 1.91. The van der Waals surface area contributed by atoms with Crippen LogP contribution in [0.1, 0.15) is 13.3 Å². The second kappa shape index (κ2) is 5.12. The maximum absolute atomic E-state index is 5.52. The molecule has 1 aliphatic rings. The van der Waals surface area contributed by atoms with E-state index in [4.69, 9.17) is 5.73 Å². The van der Waals surface area contributed by atoms with Crippen LogP contribution in [0, 0.1) is 0 Å². The van der Waals surface area contributed by atoms with Crippen LogP contribution in [0.25, 0.3) is 0 Å². The number of piperazine rings is 1. The fraction of sp³-hybridized carbons (Fsp3) is 0.636. The van der Waals surface area contributed by atoms with E-state index >= 15 is 0 Å². The molecule has 0 aromatic carbocycles. The number of anilines is 2. The van der Waals surface area contributed by atoms with Gasteiger partial charge in [-0.1, -0.05) is 6.92 Å². The molecule has 1 aromatic heterocycles. The summed E-state index contributed by atoms with van der Waals surface area (Å²) in [6, 6.07) is 3.75. The molecule has 2 heterocycles. The van der Waals surface area contributed by atoms with Crippen molar-refractivity contribution in [3.63, 3.8) is 0 Å². The molecule has 1 fully saturated rings. The number of rotatable bonds is 3. The zero-order chi connectivity index (χ0) is 11.4. The summed E-state index contributed by atoms with van der Waals surface area (Å²) in [7, 11) is 0. The molecule has 2 rings (SSSR count). The molecule has 0 bridgehead atoms. The van der Waals surface area contributed by atoms with E-state index in [2.05, 4.69) is 26.9 Å². The predicted octanol–water partition coefficient (Wildman–Crippen LogP) is 0.591. The smallest absolute Gasteiger partial charge is 0.151 e. The average Bonchev–Trinajstić information content (AvgIpc) is 2.32. The van der Waals surface area contributed by atoms with Crippen LogP contribution < -0.4 is 10.6 Å². The molecular weight excluding hydrogens is 202 g/mol. The lowest BCUT2D eigenvalue weighted by Gasteiger charge is -2.34. The number of nitrogens with two attached hydrogens (primary N) is 1. The molecule has 1 aromatic rings. The number of hydrogen-bond donors (Lipinski definition) is 1. The van der Waals surface area contributed by atoms with Crippen LogP contribution in [0.2, 0.25) is 0 Å². The quantitative estimate of drug-likeness (QED) is 0.809. The summed E-state index contributed by atoms with van der Waals surface area (Å²) in [4.78, 5) is 4.75. The maximum Gasteiger partial charge on any atom is 0.151 e. The highest BCUT2D eigenvalue weighted by Crippen LogP contribution is 2.13. The highest BCUT2D eigenvalue weighted by atomic mass is 15.3. The van der Waals surface area contributed by atoms with Crippen molar-refractivity contribution in [2.45, 2.75) is 13.3 Å². The molecule has 5 nitrogen and oxygen atoms in total. The molecule has 0 aliphatic carbocycles. The molecule has 88 valence electrons. The summed E-state index contributed by atoms with van der Waals surface area (Å²) >= 11 is 0. The van der Waals surface area contributed by atoms with Crippen LogP contribution in [0.4, 0.5) is 11.6 Å². The number of nitrogen functional groups attached to an aromatic ring is 1. The van der Waals surface area contributed by atoms with Crippen molar-refractivity contribution in [3.8, 4) is 0 Å². The standard InChI is InChI=1S/C11H19N5/c1-2-5-15-6-8-16(9-7-15)11-4-3-10(12)13-14-11/h3-4H,2,5-9H2,1H3,(H2,12,13). The minimum Gasteiger partial charge on any atom is -0.382 e. The van der Waals surface area contributed by atoms with Gasteiger partial charge in [0.05, 0.1) is 0 Å². The predicted molar refractivity (Wildman–Crippen MR) is 65.4 cm³/mol. The lowest BCUT2D eigenvalue weighted by atomic mass is 10.3. The molecule has 0 atom stereocenters. The Morgan fingerprint density at radius 1 is 1.19 bits per heavy atom. The molecule has 0 saturated carbocycles. The lowest BCUT2D eigenvalue weighted by Crippen LogP contribution is -2.46. The fourth-order valence-electron chi connectivity index (χ4n) is 2.02. The van der Waals surface area contributed by atoms with E-state index < -0.39 is 0 Å². The first-order valence-electron chi connectivity index (χ1n) is 5.86. The normalized spacial score (nSPS) is 17.7. The molecule has 0 radical (unpaired) electrons. The molecule has 2 N–H and O–H groups in total. The minimum atomic E-state index is 0.480. The molecule has 16 heavy (non-hydrogen) atoms. The van der Waals surface area contributed by atoms with Crippen molar-refractivity contribution >= 4 is 11.6 Å². The molecule has 5 heteroatoms. The van der Waals surface area contributed by atoms with E-state index in [-0.39, 0.29) is 0 Å². The fourth-order valence-corrected chi connectivity index (χ4v) is 2.02. The summed E-state index contributed by atoms with van der Waals surface area (Å²) in [6.45, 7) is 7.69. The van der Waals surface area contributed by atoms with Gasteiger partial charge in [-0.15, -0.1) is 10.2 Å². The van der Waals surface area contributed by atoms with E-state index in [0.29, 0.717) is 5.82 Å². The first-order valence-corrected chi connectivity index (χ1v) is 5.86. The monoisotopic (exact) mass is 221 g/mol. The summed E-state index contributed by atoms with van der Waals surface area (Å²) < 4.78 is 0. The van der Waals surface area contributed by atoms with Gasteiger partial charge in [0.1, 0.15) is 5.82 Å². The Kier molecular flexibility index (Phi) is 3.56. The summed E-state index contributed by atoms with van der Waals surface area (Å²) in [5.74, 6) is 1.42. The van der Waals surface area contributed by atoms with Gasteiger partial charge >= 0.3 is 0 Å². The van der Waals surface area contributed by atoms with Crippen LogP contribution in [0.5, 0.6) is 0 Å². The van der Waals surface area contributed by atoms with Crippen LogP contribution >= 0.6 is 0 Å². The van der Waals surface area contributed by atoms with Crippen molar-refractivity contribution in [1.82, 2.24) is 15.1 Å². The van der Waals surface area contributed by atoms with Crippen molar-refractivity contribution < 1.29 is 0 Å². The lowest BCUT2D eigenvalue weighted by molar-refractivity contribution is 0.258. The summed E-state index contributed by atoms with van der Waals surface area (Å²) in [5.41, 5.74) is 5.52. The van der Waals surface area contributed by atoms with Crippen molar-refractivity contribution in [2.24, 2.45) is 0 Å². The first kappa shape index (κ1) is 11.1. The van der Waals surface area contributed by atoms with Gasteiger partial charge in [-0.25, -0.2) is 0 Å². The van der Waals surface area contributed by atoms with E-state index in [1.165, 1.54) is 13.0 Å². The van der Waals surface area contributed by atoms with Crippen LogP contribution in [0.15, 0.2) is 12.1 Å². The number of nitrogens with zero attached hydrogens (tertiary/aromatic N) is 4.